The monoisotopic (exact) mass is 502 g/mol. The van der Waals surface area contributed by atoms with Gasteiger partial charge in [0.1, 0.15) is 16.9 Å². The van der Waals surface area contributed by atoms with Crippen LogP contribution in [0.15, 0.2) is 52.9 Å². The molecule has 2 fully saturated rings. The lowest BCUT2D eigenvalue weighted by atomic mass is 9.80. The number of benzene rings is 2. The Bertz CT molecular complexity index is 1370. The van der Waals surface area contributed by atoms with Crippen molar-refractivity contribution in [3.8, 4) is 6.07 Å². The summed E-state index contributed by atoms with van der Waals surface area (Å²) in [5.74, 6) is -1.52. The Morgan fingerprint density at radius 2 is 1.89 bits per heavy atom. The number of amides is 2. The smallest absolute Gasteiger partial charge is 0.287 e. The molecule has 190 valence electrons. The molecule has 0 radical (unpaired) electrons. The lowest BCUT2D eigenvalue weighted by molar-refractivity contribution is -0.133. The van der Waals surface area contributed by atoms with Gasteiger partial charge in [-0.3, -0.25) is 14.4 Å². The highest BCUT2D eigenvalue weighted by Crippen LogP contribution is 2.30. The van der Waals surface area contributed by atoms with Crippen LogP contribution in [0.2, 0.25) is 0 Å². The first-order valence-electron chi connectivity index (χ1n) is 12.5. The molecule has 2 amide bonds. The first kappa shape index (κ1) is 24.5. The number of hydrogen-bond acceptors (Lipinski definition) is 6. The second-order valence-corrected chi connectivity index (χ2v) is 9.73. The number of fused-ring (bicyclic) bond motifs is 1. The molecule has 0 spiro atoms. The van der Waals surface area contributed by atoms with Crippen LogP contribution in [0.4, 0.5) is 10.1 Å². The first-order valence-corrected chi connectivity index (χ1v) is 12.5. The minimum atomic E-state index is -1.13. The lowest BCUT2D eigenvalue weighted by Gasteiger charge is -2.39. The molecule has 5 rings (SSSR count). The van der Waals surface area contributed by atoms with Gasteiger partial charge in [0.15, 0.2) is 11.5 Å². The molecule has 0 bridgehead atoms. The Morgan fingerprint density at radius 1 is 1.11 bits per heavy atom. The SMILES string of the molecule is N#Cc1ccc(N2CCC(NC(=O)C3(NC(=O)c4cc5ccccc5o4)CCCCC3)C(=O)C2)c(F)c1. The quantitative estimate of drug-likeness (QED) is 0.548. The molecule has 2 N–H and O–H groups in total. The van der Waals surface area contributed by atoms with Crippen LogP contribution in [-0.4, -0.2) is 42.3 Å². The van der Waals surface area contributed by atoms with Gasteiger partial charge in [-0.05, 0) is 49.6 Å². The van der Waals surface area contributed by atoms with Crippen molar-refractivity contribution in [2.75, 3.05) is 18.0 Å². The molecule has 1 atom stereocenters. The van der Waals surface area contributed by atoms with Gasteiger partial charge in [0.2, 0.25) is 5.91 Å². The largest absolute Gasteiger partial charge is 0.451 e. The third kappa shape index (κ3) is 4.92. The van der Waals surface area contributed by atoms with Crippen LogP contribution in [0.3, 0.4) is 0 Å². The van der Waals surface area contributed by atoms with E-state index >= 15 is 0 Å². The summed E-state index contributed by atoms with van der Waals surface area (Å²) in [6, 6.07) is 14.3. The maximum absolute atomic E-state index is 14.5. The number of Topliss-reactive ketones (excluding diaryl/α,β-unsaturated/α-hetero) is 1. The fraction of sp³-hybridized carbons (Fsp3) is 0.357. The van der Waals surface area contributed by atoms with E-state index in [4.69, 9.17) is 9.68 Å². The Kier molecular flexibility index (Phi) is 6.66. The predicted molar refractivity (Wildman–Crippen MR) is 134 cm³/mol. The summed E-state index contributed by atoms with van der Waals surface area (Å²) < 4.78 is 20.1. The average Bonchev–Trinajstić information content (AvgIpc) is 3.35. The number of nitrogens with zero attached hydrogens (tertiary/aromatic N) is 2. The molecule has 1 saturated heterocycles. The summed E-state index contributed by atoms with van der Waals surface area (Å²) in [7, 11) is 0. The summed E-state index contributed by atoms with van der Waals surface area (Å²) >= 11 is 0. The van der Waals surface area contributed by atoms with Crippen molar-refractivity contribution < 1.29 is 23.2 Å². The zero-order chi connectivity index (χ0) is 26.0. The number of nitrogens with one attached hydrogen (secondary N) is 2. The van der Waals surface area contributed by atoms with E-state index in [-0.39, 0.29) is 35.2 Å². The van der Waals surface area contributed by atoms with Crippen molar-refractivity contribution in [3.05, 3.63) is 65.7 Å². The second-order valence-electron chi connectivity index (χ2n) is 9.73. The molecule has 9 heteroatoms. The highest BCUT2D eigenvalue weighted by molar-refractivity contribution is 6.01. The van der Waals surface area contributed by atoms with E-state index in [1.807, 2.05) is 24.3 Å². The van der Waals surface area contributed by atoms with Crippen LogP contribution in [-0.2, 0) is 9.59 Å². The number of carbonyl (C=O) groups is 3. The van der Waals surface area contributed by atoms with Gasteiger partial charge in [-0.15, -0.1) is 0 Å². The highest BCUT2D eigenvalue weighted by atomic mass is 19.1. The maximum atomic E-state index is 14.5. The average molecular weight is 503 g/mol. The molecular weight excluding hydrogens is 475 g/mol. The number of halogens is 1. The fourth-order valence-corrected chi connectivity index (χ4v) is 5.25. The van der Waals surface area contributed by atoms with Crippen molar-refractivity contribution in [2.24, 2.45) is 0 Å². The third-order valence-electron chi connectivity index (χ3n) is 7.29. The van der Waals surface area contributed by atoms with E-state index in [0.717, 1.165) is 30.7 Å². The Morgan fingerprint density at radius 3 is 2.59 bits per heavy atom. The lowest BCUT2D eigenvalue weighted by Crippen LogP contribution is -2.63. The molecule has 2 aliphatic rings. The fourth-order valence-electron chi connectivity index (χ4n) is 5.25. The molecule has 1 saturated carbocycles. The minimum Gasteiger partial charge on any atom is -0.451 e. The molecule has 2 heterocycles. The van der Waals surface area contributed by atoms with E-state index in [1.54, 1.807) is 17.0 Å². The third-order valence-corrected chi connectivity index (χ3v) is 7.29. The molecule has 8 nitrogen and oxygen atoms in total. The molecule has 2 aromatic carbocycles. The number of ketones is 1. The number of rotatable bonds is 5. The van der Waals surface area contributed by atoms with Crippen LogP contribution < -0.4 is 15.5 Å². The van der Waals surface area contributed by atoms with Crippen LogP contribution in [0.1, 0.15) is 54.6 Å². The van der Waals surface area contributed by atoms with Crippen LogP contribution in [0.25, 0.3) is 11.0 Å². The normalized spacial score (nSPS) is 19.3. The molecule has 1 aromatic heterocycles. The first-order chi connectivity index (χ1) is 17.9. The maximum Gasteiger partial charge on any atom is 0.287 e. The van der Waals surface area contributed by atoms with Crippen LogP contribution in [0.5, 0.6) is 0 Å². The van der Waals surface area contributed by atoms with Gasteiger partial charge < -0.3 is 20.0 Å². The van der Waals surface area contributed by atoms with Gasteiger partial charge in [-0.1, -0.05) is 37.5 Å². The minimum absolute atomic E-state index is 0.0634. The molecular formula is C28H27FN4O4. The Labute approximate surface area is 213 Å². The van der Waals surface area contributed by atoms with Crippen LogP contribution >= 0.6 is 0 Å². The van der Waals surface area contributed by atoms with E-state index in [0.29, 0.717) is 31.4 Å². The number of anilines is 1. The zero-order valence-electron chi connectivity index (χ0n) is 20.3. The van der Waals surface area contributed by atoms with E-state index in [9.17, 15) is 18.8 Å². The predicted octanol–water partition coefficient (Wildman–Crippen LogP) is 3.84. The summed E-state index contributed by atoms with van der Waals surface area (Å²) in [6.45, 7) is 0.296. The Hall–Kier alpha value is -4.19. The van der Waals surface area contributed by atoms with E-state index < -0.39 is 23.3 Å². The van der Waals surface area contributed by atoms with Gasteiger partial charge in [-0.25, -0.2) is 4.39 Å². The van der Waals surface area contributed by atoms with Crippen molar-refractivity contribution in [1.29, 1.82) is 5.26 Å². The topological polar surface area (TPSA) is 115 Å². The van der Waals surface area contributed by atoms with E-state index in [2.05, 4.69) is 10.6 Å². The van der Waals surface area contributed by atoms with Gasteiger partial charge in [0.05, 0.1) is 29.9 Å². The molecule has 3 aromatic rings. The van der Waals surface area contributed by atoms with Crippen molar-refractivity contribution in [1.82, 2.24) is 10.6 Å². The number of hydrogen-bond donors (Lipinski definition) is 2. The van der Waals surface area contributed by atoms with Crippen molar-refractivity contribution in [2.45, 2.75) is 50.1 Å². The molecule has 37 heavy (non-hydrogen) atoms. The van der Waals surface area contributed by atoms with Crippen molar-refractivity contribution in [3.63, 3.8) is 0 Å². The summed E-state index contributed by atoms with van der Waals surface area (Å²) in [5, 5.41) is 15.5. The molecule has 1 aliphatic carbocycles. The number of nitriles is 1. The summed E-state index contributed by atoms with van der Waals surface area (Å²) in [6.07, 6.45) is 3.75. The molecule has 1 aliphatic heterocycles. The van der Waals surface area contributed by atoms with E-state index in [1.165, 1.54) is 12.1 Å². The zero-order valence-corrected chi connectivity index (χ0v) is 20.3. The van der Waals surface area contributed by atoms with Gasteiger partial charge in [0, 0.05) is 11.9 Å². The van der Waals surface area contributed by atoms with Gasteiger partial charge in [-0.2, -0.15) is 5.26 Å². The van der Waals surface area contributed by atoms with Gasteiger partial charge >= 0.3 is 0 Å². The highest BCUT2D eigenvalue weighted by Gasteiger charge is 2.43. The second kappa shape index (κ2) is 10.1. The number of piperidine rings is 1. The Balaban J connectivity index is 1.28. The summed E-state index contributed by atoms with van der Waals surface area (Å²) in [5.41, 5.74) is -0.0904. The van der Waals surface area contributed by atoms with Gasteiger partial charge in [0.25, 0.3) is 5.91 Å². The molecule has 1 unspecified atom stereocenters. The van der Waals surface area contributed by atoms with Crippen molar-refractivity contribution >= 4 is 34.3 Å². The number of furan rings is 1. The number of para-hydroxylation sites is 1. The number of carbonyl (C=O) groups excluding carboxylic acids is 3. The summed E-state index contributed by atoms with van der Waals surface area (Å²) in [4.78, 5) is 41.2. The standard InChI is InChI=1S/C28H27FN4O4/c29-20-14-18(16-30)8-9-22(20)33-13-10-21(23(34)17-33)31-27(36)28(11-4-1-5-12-28)32-26(35)25-15-19-6-2-3-7-24(19)37-25/h2-3,6-9,14-15,21H,1,4-5,10-13,17H2,(H,31,36)(H,32,35). The van der Waals surface area contributed by atoms with Crippen LogP contribution in [0, 0.1) is 17.1 Å².